The third-order valence-corrected chi connectivity index (χ3v) is 6.17. The molecule has 2 fully saturated rings. The molecule has 0 aliphatic carbocycles. The predicted molar refractivity (Wildman–Crippen MR) is 131 cm³/mol. The Kier molecular flexibility index (Phi) is 8.14. The molecular formula is C26H32N4O4. The molecule has 0 bridgehead atoms. The van der Waals surface area contributed by atoms with Crippen molar-refractivity contribution in [3.8, 4) is 0 Å². The lowest BCUT2D eigenvalue weighted by molar-refractivity contribution is -0.114. The SMILES string of the molecule is O=C(CNc1ccc(C(=O)NCC2CCCO2)cc1)Nc1ccc(C(=O)N2CCCCC2)cc1. The number of piperidine rings is 1. The van der Waals surface area contributed by atoms with Crippen LogP contribution in [0.15, 0.2) is 48.5 Å². The van der Waals surface area contributed by atoms with Crippen molar-refractivity contribution in [3.63, 3.8) is 0 Å². The van der Waals surface area contributed by atoms with Gasteiger partial charge in [-0.05, 0) is 80.6 Å². The van der Waals surface area contributed by atoms with E-state index in [1.807, 2.05) is 4.90 Å². The van der Waals surface area contributed by atoms with Crippen LogP contribution in [0.2, 0.25) is 0 Å². The Balaban J connectivity index is 1.20. The number of benzene rings is 2. The van der Waals surface area contributed by atoms with Crippen LogP contribution in [0.4, 0.5) is 11.4 Å². The highest BCUT2D eigenvalue weighted by molar-refractivity contribution is 5.97. The quantitative estimate of drug-likeness (QED) is 0.557. The molecule has 8 nitrogen and oxygen atoms in total. The summed E-state index contributed by atoms with van der Waals surface area (Å²) in [6.07, 6.45) is 5.41. The molecule has 0 aromatic heterocycles. The van der Waals surface area contributed by atoms with Crippen LogP contribution in [0.5, 0.6) is 0 Å². The fraction of sp³-hybridized carbons (Fsp3) is 0.423. The van der Waals surface area contributed by atoms with Crippen LogP contribution >= 0.6 is 0 Å². The van der Waals surface area contributed by atoms with Crippen LogP contribution in [0.1, 0.15) is 52.8 Å². The fourth-order valence-corrected chi connectivity index (χ4v) is 4.22. The van der Waals surface area contributed by atoms with E-state index < -0.39 is 0 Å². The first kappa shape index (κ1) is 23.8. The maximum absolute atomic E-state index is 12.6. The van der Waals surface area contributed by atoms with E-state index >= 15 is 0 Å². The van der Waals surface area contributed by atoms with Crippen LogP contribution in [0.3, 0.4) is 0 Å². The number of carbonyl (C=O) groups excluding carboxylic acids is 3. The number of hydrogen-bond acceptors (Lipinski definition) is 5. The number of ether oxygens (including phenoxy) is 1. The number of amides is 3. The first-order chi connectivity index (χ1) is 16.6. The van der Waals surface area contributed by atoms with Crippen molar-refractivity contribution in [2.24, 2.45) is 0 Å². The van der Waals surface area contributed by atoms with Crippen LogP contribution in [-0.2, 0) is 9.53 Å². The molecule has 2 saturated heterocycles. The molecular weight excluding hydrogens is 432 g/mol. The minimum atomic E-state index is -0.200. The summed E-state index contributed by atoms with van der Waals surface area (Å²) in [5, 5.41) is 8.78. The van der Waals surface area contributed by atoms with Crippen molar-refractivity contribution < 1.29 is 19.1 Å². The highest BCUT2D eigenvalue weighted by atomic mass is 16.5. The second kappa shape index (κ2) is 11.7. The number of carbonyl (C=O) groups is 3. The number of likely N-dealkylation sites (tertiary alicyclic amines) is 1. The molecule has 2 aliphatic rings. The summed E-state index contributed by atoms with van der Waals surface area (Å²) >= 11 is 0. The first-order valence-corrected chi connectivity index (χ1v) is 12.0. The maximum atomic E-state index is 12.6. The normalized spacial score (nSPS) is 17.8. The van der Waals surface area contributed by atoms with E-state index in [9.17, 15) is 14.4 Å². The van der Waals surface area contributed by atoms with E-state index in [4.69, 9.17) is 4.74 Å². The van der Waals surface area contributed by atoms with Gasteiger partial charge in [-0.15, -0.1) is 0 Å². The fourth-order valence-electron chi connectivity index (χ4n) is 4.22. The molecule has 2 aromatic rings. The lowest BCUT2D eigenvalue weighted by Gasteiger charge is -2.26. The topological polar surface area (TPSA) is 99.8 Å². The Morgan fingerprint density at radius 3 is 2.21 bits per heavy atom. The van der Waals surface area contributed by atoms with E-state index in [2.05, 4.69) is 16.0 Å². The summed E-state index contributed by atoms with van der Waals surface area (Å²) in [4.78, 5) is 39.0. The van der Waals surface area contributed by atoms with Crippen molar-refractivity contribution in [2.75, 3.05) is 43.4 Å². The van der Waals surface area contributed by atoms with Crippen LogP contribution in [0.25, 0.3) is 0 Å². The lowest BCUT2D eigenvalue weighted by Crippen LogP contribution is -2.35. The number of anilines is 2. The Morgan fingerprint density at radius 2 is 1.53 bits per heavy atom. The van der Waals surface area contributed by atoms with Crippen LogP contribution in [0, 0.1) is 0 Å². The third kappa shape index (κ3) is 6.57. The van der Waals surface area contributed by atoms with Gasteiger partial charge in [-0.3, -0.25) is 14.4 Å². The Hall–Kier alpha value is -3.39. The van der Waals surface area contributed by atoms with Gasteiger partial charge in [-0.1, -0.05) is 0 Å². The van der Waals surface area contributed by atoms with Crippen molar-refractivity contribution in [2.45, 2.75) is 38.2 Å². The molecule has 4 rings (SSSR count). The van der Waals surface area contributed by atoms with Gasteiger partial charge in [0.25, 0.3) is 11.8 Å². The number of nitrogens with one attached hydrogen (secondary N) is 3. The summed E-state index contributed by atoms with van der Waals surface area (Å²) in [7, 11) is 0. The van der Waals surface area contributed by atoms with Crippen molar-refractivity contribution >= 4 is 29.1 Å². The molecule has 1 atom stereocenters. The van der Waals surface area contributed by atoms with Crippen LogP contribution < -0.4 is 16.0 Å². The van der Waals surface area contributed by atoms with Gasteiger partial charge in [0.15, 0.2) is 0 Å². The predicted octanol–water partition coefficient (Wildman–Crippen LogP) is 3.27. The van der Waals surface area contributed by atoms with E-state index in [0.29, 0.717) is 23.4 Å². The zero-order chi connectivity index (χ0) is 23.8. The third-order valence-electron chi connectivity index (χ3n) is 6.17. The largest absolute Gasteiger partial charge is 0.376 e. The highest BCUT2D eigenvalue weighted by Gasteiger charge is 2.18. The molecule has 180 valence electrons. The monoisotopic (exact) mass is 464 g/mol. The second-order valence-corrected chi connectivity index (χ2v) is 8.75. The highest BCUT2D eigenvalue weighted by Crippen LogP contribution is 2.16. The summed E-state index contributed by atoms with van der Waals surface area (Å²) in [6, 6.07) is 14.0. The Bertz CT molecular complexity index is 979. The van der Waals surface area contributed by atoms with E-state index in [-0.39, 0.29) is 30.4 Å². The summed E-state index contributed by atoms with van der Waals surface area (Å²) in [5.41, 5.74) is 2.58. The smallest absolute Gasteiger partial charge is 0.253 e. The van der Waals surface area contributed by atoms with Gasteiger partial charge in [0.1, 0.15) is 0 Å². The minimum absolute atomic E-state index is 0.0447. The Labute approximate surface area is 200 Å². The zero-order valence-corrected chi connectivity index (χ0v) is 19.3. The van der Waals surface area contributed by atoms with Gasteiger partial charge >= 0.3 is 0 Å². The zero-order valence-electron chi connectivity index (χ0n) is 19.3. The van der Waals surface area contributed by atoms with Crippen molar-refractivity contribution in [3.05, 3.63) is 59.7 Å². The number of nitrogens with zero attached hydrogens (tertiary/aromatic N) is 1. The maximum Gasteiger partial charge on any atom is 0.253 e. The van der Waals surface area contributed by atoms with Crippen molar-refractivity contribution in [1.82, 2.24) is 10.2 Å². The molecule has 2 aromatic carbocycles. The Morgan fingerprint density at radius 1 is 0.853 bits per heavy atom. The van der Waals surface area contributed by atoms with Gasteiger partial charge in [0, 0.05) is 48.7 Å². The van der Waals surface area contributed by atoms with E-state index in [1.165, 1.54) is 6.42 Å². The average molecular weight is 465 g/mol. The second-order valence-electron chi connectivity index (χ2n) is 8.75. The van der Waals surface area contributed by atoms with E-state index in [1.54, 1.807) is 48.5 Å². The molecule has 2 aliphatic heterocycles. The minimum Gasteiger partial charge on any atom is -0.376 e. The first-order valence-electron chi connectivity index (χ1n) is 12.0. The number of rotatable bonds is 8. The van der Waals surface area contributed by atoms with Gasteiger partial charge in [0.05, 0.1) is 12.6 Å². The lowest BCUT2D eigenvalue weighted by atomic mass is 10.1. The van der Waals surface area contributed by atoms with Crippen molar-refractivity contribution in [1.29, 1.82) is 0 Å². The molecule has 1 unspecified atom stereocenters. The molecule has 0 radical (unpaired) electrons. The van der Waals surface area contributed by atoms with Crippen LogP contribution in [-0.4, -0.2) is 61.5 Å². The molecule has 0 saturated carbocycles. The summed E-state index contributed by atoms with van der Waals surface area (Å²) in [5.74, 6) is -0.293. The average Bonchev–Trinajstić information content (AvgIpc) is 3.41. The summed E-state index contributed by atoms with van der Waals surface area (Å²) < 4.78 is 5.52. The van der Waals surface area contributed by atoms with E-state index in [0.717, 1.165) is 51.1 Å². The molecule has 2 heterocycles. The van der Waals surface area contributed by atoms with Gasteiger partial charge in [-0.2, -0.15) is 0 Å². The van der Waals surface area contributed by atoms with Gasteiger partial charge < -0.3 is 25.6 Å². The van der Waals surface area contributed by atoms with Gasteiger partial charge in [-0.25, -0.2) is 0 Å². The molecule has 0 spiro atoms. The molecule has 8 heteroatoms. The molecule has 34 heavy (non-hydrogen) atoms. The number of hydrogen-bond donors (Lipinski definition) is 3. The molecule has 3 N–H and O–H groups in total. The van der Waals surface area contributed by atoms with Gasteiger partial charge in [0.2, 0.25) is 5.91 Å². The summed E-state index contributed by atoms with van der Waals surface area (Å²) in [6.45, 7) is 2.98. The standard InChI is InChI=1S/C26H32N4O4/c31-24(29-22-12-8-20(9-13-22)26(33)30-14-2-1-3-15-30)18-27-21-10-6-19(7-11-21)25(32)28-17-23-5-4-16-34-23/h6-13,23,27H,1-5,14-18H2,(H,28,32)(H,29,31). The molecule has 3 amide bonds.